The van der Waals surface area contributed by atoms with Gasteiger partial charge in [-0.15, -0.1) is 0 Å². The summed E-state index contributed by atoms with van der Waals surface area (Å²) in [6.45, 7) is 4.66. The number of methoxy groups -OCH3 is 1. The van der Waals surface area contributed by atoms with Crippen LogP contribution in [0.4, 0.5) is 0 Å². The first kappa shape index (κ1) is 15.4. The van der Waals surface area contributed by atoms with E-state index in [0.29, 0.717) is 6.42 Å². The fourth-order valence-electron chi connectivity index (χ4n) is 2.36. The molecular formula is C14H27NO3. The van der Waals surface area contributed by atoms with E-state index >= 15 is 0 Å². The standard InChI is InChI=1S/C14H27NO3/c1-11(18-9-8-12-6-5-7-12)10-14(2,15-3)13(16)17-4/h11-12,15H,5-10H2,1-4H3. The molecule has 1 saturated carbocycles. The molecule has 0 bridgehead atoms. The van der Waals surface area contributed by atoms with Gasteiger partial charge >= 0.3 is 5.97 Å². The molecule has 1 aliphatic rings. The van der Waals surface area contributed by atoms with Gasteiger partial charge in [0.15, 0.2) is 0 Å². The molecular weight excluding hydrogens is 230 g/mol. The van der Waals surface area contributed by atoms with Crippen molar-refractivity contribution in [2.75, 3.05) is 20.8 Å². The third-order valence-electron chi connectivity index (χ3n) is 4.04. The molecule has 106 valence electrons. The van der Waals surface area contributed by atoms with Crippen molar-refractivity contribution in [2.24, 2.45) is 5.92 Å². The van der Waals surface area contributed by atoms with Crippen LogP contribution in [0.25, 0.3) is 0 Å². The van der Waals surface area contributed by atoms with Gasteiger partial charge in [-0.1, -0.05) is 19.3 Å². The van der Waals surface area contributed by atoms with Crippen molar-refractivity contribution in [1.29, 1.82) is 0 Å². The molecule has 0 amide bonds. The normalized spacial score (nSPS) is 20.9. The van der Waals surface area contributed by atoms with Crippen LogP contribution in [-0.4, -0.2) is 38.4 Å². The number of esters is 1. The second-order valence-electron chi connectivity index (χ2n) is 5.54. The first-order valence-corrected chi connectivity index (χ1v) is 6.90. The number of nitrogens with one attached hydrogen (secondary N) is 1. The predicted molar refractivity (Wildman–Crippen MR) is 71.5 cm³/mol. The van der Waals surface area contributed by atoms with Gasteiger partial charge in [0.25, 0.3) is 0 Å². The lowest BCUT2D eigenvalue weighted by molar-refractivity contribution is -0.149. The molecule has 0 radical (unpaired) electrons. The van der Waals surface area contributed by atoms with Crippen molar-refractivity contribution in [3.8, 4) is 0 Å². The van der Waals surface area contributed by atoms with Crippen LogP contribution in [0.5, 0.6) is 0 Å². The van der Waals surface area contributed by atoms with Gasteiger partial charge in [-0.05, 0) is 33.2 Å². The lowest BCUT2D eigenvalue weighted by Crippen LogP contribution is -2.50. The Morgan fingerprint density at radius 2 is 2.17 bits per heavy atom. The maximum Gasteiger partial charge on any atom is 0.325 e. The molecule has 0 saturated heterocycles. The van der Waals surface area contributed by atoms with E-state index in [1.165, 1.54) is 26.4 Å². The Bertz CT molecular complexity index is 266. The largest absolute Gasteiger partial charge is 0.468 e. The van der Waals surface area contributed by atoms with Crippen LogP contribution >= 0.6 is 0 Å². The summed E-state index contributed by atoms with van der Waals surface area (Å²) in [6, 6.07) is 0. The van der Waals surface area contributed by atoms with E-state index in [2.05, 4.69) is 5.32 Å². The summed E-state index contributed by atoms with van der Waals surface area (Å²) in [4.78, 5) is 11.7. The molecule has 4 nitrogen and oxygen atoms in total. The Labute approximate surface area is 110 Å². The van der Waals surface area contributed by atoms with Crippen molar-refractivity contribution < 1.29 is 14.3 Å². The predicted octanol–water partition coefficient (Wildman–Crippen LogP) is 2.12. The zero-order valence-corrected chi connectivity index (χ0v) is 12.1. The van der Waals surface area contributed by atoms with Gasteiger partial charge in [0.1, 0.15) is 5.54 Å². The third-order valence-corrected chi connectivity index (χ3v) is 4.04. The molecule has 1 aliphatic carbocycles. The summed E-state index contributed by atoms with van der Waals surface area (Å²) in [5.74, 6) is 0.632. The van der Waals surface area contributed by atoms with Crippen molar-refractivity contribution in [1.82, 2.24) is 5.32 Å². The summed E-state index contributed by atoms with van der Waals surface area (Å²) < 4.78 is 10.6. The van der Waals surface area contributed by atoms with Crippen LogP contribution in [0, 0.1) is 5.92 Å². The van der Waals surface area contributed by atoms with Crippen LogP contribution < -0.4 is 5.32 Å². The highest BCUT2D eigenvalue weighted by atomic mass is 16.5. The maximum atomic E-state index is 11.7. The number of hydrogen-bond donors (Lipinski definition) is 1. The van der Waals surface area contributed by atoms with Crippen molar-refractivity contribution in [3.63, 3.8) is 0 Å². The molecule has 0 aromatic carbocycles. The van der Waals surface area contributed by atoms with E-state index in [4.69, 9.17) is 9.47 Å². The van der Waals surface area contributed by atoms with Gasteiger partial charge in [-0.2, -0.15) is 0 Å². The molecule has 0 spiro atoms. The number of likely N-dealkylation sites (N-methyl/N-ethyl adjacent to an activating group) is 1. The van der Waals surface area contributed by atoms with Gasteiger partial charge in [-0.3, -0.25) is 4.79 Å². The molecule has 2 atom stereocenters. The molecule has 4 heteroatoms. The number of carbonyl (C=O) groups is 1. The summed E-state index contributed by atoms with van der Waals surface area (Å²) >= 11 is 0. The minimum Gasteiger partial charge on any atom is -0.468 e. The average Bonchev–Trinajstić information content (AvgIpc) is 2.31. The number of carbonyl (C=O) groups excluding carboxylic acids is 1. The fourth-order valence-corrected chi connectivity index (χ4v) is 2.36. The second-order valence-corrected chi connectivity index (χ2v) is 5.54. The number of rotatable bonds is 8. The third kappa shape index (κ3) is 4.25. The molecule has 1 N–H and O–H groups in total. The van der Waals surface area contributed by atoms with Gasteiger partial charge in [0, 0.05) is 13.0 Å². The Morgan fingerprint density at radius 1 is 1.50 bits per heavy atom. The van der Waals surface area contributed by atoms with Crippen LogP contribution in [0.15, 0.2) is 0 Å². The smallest absolute Gasteiger partial charge is 0.325 e. The van der Waals surface area contributed by atoms with Crippen LogP contribution in [-0.2, 0) is 14.3 Å². The summed E-state index contributed by atoms with van der Waals surface area (Å²) in [7, 11) is 3.19. The molecule has 1 fully saturated rings. The van der Waals surface area contributed by atoms with E-state index in [0.717, 1.165) is 18.9 Å². The molecule has 1 rings (SSSR count). The van der Waals surface area contributed by atoms with Gasteiger partial charge in [-0.25, -0.2) is 0 Å². The molecule has 0 heterocycles. The lowest BCUT2D eigenvalue weighted by Gasteiger charge is -2.30. The SMILES string of the molecule is CNC(C)(CC(C)OCCC1CCC1)C(=O)OC. The lowest BCUT2D eigenvalue weighted by atomic mass is 9.83. The summed E-state index contributed by atoms with van der Waals surface area (Å²) in [5, 5.41) is 3.03. The first-order chi connectivity index (χ1) is 8.51. The first-order valence-electron chi connectivity index (χ1n) is 6.90. The minimum absolute atomic E-state index is 0.0571. The second kappa shape index (κ2) is 7.10. The molecule has 18 heavy (non-hydrogen) atoms. The van der Waals surface area contributed by atoms with Crippen LogP contribution in [0.1, 0.15) is 46.0 Å². The number of hydrogen-bond acceptors (Lipinski definition) is 4. The number of ether oxygens (including phenoxy) is 2. The highest BCUT2D eigenvalue weighted by molar-refractivity contribution is 5.80. The van der Waals surface area contributed by atoms with Gasteiger partial charge < -0.3 is 14.8 Å². The van der Waals surface area contributed by atoms with E-state index < -0.39 is 5.54 Å². The highest BCUT2D eigenvalue weighted by Crippen LogP contribution is 2.29. The zero-order chi connectivity index (χ0) is 13.6. The maximum absolute atomic E-state index is 11.7. The fraction of sp³-hybridized carbons (Fsp3) is 0.929. The van der Waals surface area contributed by atoms with Crippen molar-refractivity contribution >= 4 is 5.97 Å². The van der Waals surface area contributed by atoms with E-state index in [9.17, 15) is 4.79 Å². The summed E-state index contributed by atoms with van der Waals surface area (Å²) in [5.41, 5.74) is -0.662. The average molecular weight is 257 g/mol. The minimum atomic E-state index is -0.662. The van der Waals surface area contributed by atoms with Gasteiger partial charge in [0.2, 0.25) is 0 Å². The Kier molecular flexibility index (Phi) is 6.09. The summed E-state index contributed by atoms with van der Waals surface area (Å²) in [6.07, 6.45) is 5.92. The van der Waals surface area contributed by atoms with Crippen LogP contribution in [0.3, 0.4) is 0 Å². The zero-order valence-electron chi connectivity index (χ0n) is 12.1. The highest BCUT2D eigenvalue weighted by Gasteiger charge is 2.34. The Balaban J connectivity index is 2.27. The van der Waals surface area contributed by atoms with Crippen LogP contribution in [0.2, 0.25) is 0 Å². The molecule has 0 aliphatic heterocycles. The molecule has 0 aromatic rings. The monoisotopic (exact) mass is 257 g/mol. The van der Waals surface area contributed by atoms with Crippen molar-refractivity contribution in [3.05, 3.63) is 0 Å². The van der Waals surface area contributed by atoms with E-state index in [1.807, 2.05) is 13.8 Å². The molecule has 2 unspecified atom stereocenters. The Hall–Kier alpha value is -0.610. The van der Waals surface area contributed by atoms with E-state index in [-0.39, 0.29) is 12.1 Å². The Morgan fingerprint density at radius 3 is 2.61 bits per heavy atom. The van der Waals surface area contributed by atoms with Crippen molar-refractivity contribution in [2.45, 2.75) is 57.6 Å². The quantitative estimate of drug-likeness (QED) is 0.677. The van der Waals surface area contributed by atoms with Gasteiger partial charge in [0.05, 0.1) is 13.2 Å². The topological polar surface area (TPSA) is 47.6 Å². The van der Waals surface area contributed by atoms with E-state index in [1.54, 1.807) is 7.05 Å². The molecule has 0 aromatic heterocycles.